The second-order valence-electron chi connectivity index (χ2n) is 8.07. The molecule has 34 heavy (non-hydrogen) atoms. The van der Waals surface area contributed by atoms with Gasteiger partial charge in [0, 0.05) is 24.7 Å². The highest BCUT2D eigenvalue weighted by atomic mass is 16.4. The first kappa shape index (κ1) is 26.5. The average Bonchev–Trinajstić information content (AvgIpc) is 3.34. The zero-order valence-electron chi connectivity index (χ0n) is 19.3. The van der Waals surface area contributed by atoms with Gasteiger partial charge < -0.3 is 31.8 Å². The molecule has 0 aliphatic heterocycles. The van der Waals surface area contributed by atoms with Crippen molar-refractivity contribution in [1.29, 1.82) is 0 Å². The molecule has 4 unspecified atom stereocenters. The molecule has 1 heterocycles. The third-order valence-corrected chi connectivity index (χ3v) is 5.51. The van der Waals surface area contributed by atoms with Crippen LogP contribution in [0.3, 0.4) is 0 Å². The van der Waals surface area contributed by atoms with Gasteiger partial charge in [-0.1, -0.05) is 50.6 Å². The predicted molar refractivity (Wildman–Crippen MR) is 124 cm³/mol. The number of hydrogen-bond donors (Lipinski definition) is 6. The molecule has 184 valence electrons. The highest BCUT2D eigenvalue weighted by molar-refractivity contribution is 5.93. The Morgan fingerprint density at radius 2 is 1.74 bits per heavy atom. The number of carboxylic acid groups (broad SMARTS) is 1. The Hall–Kier alpha value is -3.73. The summed E-state index contributed by atoms with van der Waals surface area (Å²) >= 11 is 0. The number of nitrogens with two attached hydrogens (primary N) is 1. The van der Waals surface area contributed by atoms with Crippen LogP contribution in [-0.4, -0.2) is 63.4 Å². The van der Waals surface area contributed by atoms with Crippen molar-refractivity contribution in [2.75, 3.05) is 6.54 Å². The van der Waals surface area contributed by atoms with E-state index in [1.807, 2.05) is 13.0 Å². The van der Waals surface area contributed by atoms with E-state index in [4.69, 9.17) is 5.73 Å². The molecule has 0 fully saturated rings. The molecule has 0 aliphatic rings. The molecule has 1 aromatic carbocycles. The summed E-state index contributed by atoms with van der Waals surface area (Å²) in [6.07, 6.45) is 3.73. The van der Waals surface area contributed by atoms with Crippen molar-refractivity contribution in [3.05, 3.63) is 54.1 Å². The summed E-state index contributed by atoms with van der Waals surface area (Å²) in [4.78, 5) is 56.6. The van der Waals surface area contributed by atoms with Gasteiger partial charge in [0.15, 0.2) is 0 Å². The van der Waals surface area contributed by atoms with Crippen LogP contribution in [0.4, 0.5) is 0 Å². The van der Waals surface area contributed by atoms with Crippen LogP contribution >= 0.6 is 0 Å². The number of nitrogens with one attached hydrogen (secondary N) is 4. The van der Waals surface area contributed by atoms with Gasteiger partial charge in [-0.2, -0.15) is 0 Å². The van der Waals surface area contributed by atoms with Crippen LogP contribution < -0.4 is 21.7 Å². The predicted octanol–water partition coefficient (Wildman–Crippen LogP) is -0.261. The number of benzene rings is 1. The van der Waals surface area contributed by atoms with Crippen LogP contribution in [0, 0.1) is 5.92 Å². The minimum Gasteiger partial charge on any atom is -0.480 e. The van der Waals surface area contributed by atoms with E-state index in [2.05, 4.69) is 25.9 Å². The largest absolute Gasteiger partial charge is 0.480 e. The quantitative estimate of drug-likeness (QED) is 0.232. The molecule has 7 N–H and O–H groups in total. The van der Waals surface area contributed by atoms with Gasteiger partial charge in [0.1, 0.15) is 18.1 Å². The van der Waals surface area contributed by atoms with Gasteiger partial charge in [-0.05, 0) is 11.5 Å². The number of hydrogen-bond acceptors (Lipinski definition) is 6. The second kappa shape index (κ2) is 13.1. The van der Waals surface area contributed by atoms with Crippen LogP contribution in [0.25, 0.3) is 0 Å². The Labute approximate surface area is 197 Å². The zero-order chi connectivity index (χ0) is 25.1. The molecule has 0 radical (unpaired) electrons. The van der Waals surface area contributed by atoms with Gasteiger partial charge in [-0.15, -0.1) is 0 Å². The van der Waals surface area contributed by atoms with Crippen LogP contribution in [0.5, 0.6) is 0 Å². The summed E-state index contributed by atoms with van der Waals surface area (Å²) in [6, 6.07) is 5.75. The van der Waals surface area contributed by atoms with E-state index in [0.717, 1.165) is 5.56 Å². The third-order valence-electron chi connectivity index (χ3n) is 5.51. The number of carbonyl (C=O) groups is 4. The second-order valence-corrected chi connectivity index (χ2v) is 8.07. The van der Waals surface area contributed by atoms with Crippen molar-refractivity contribution in [1.82, 2.24) is 25.9 Å². The maximum Gasteiger partial charge on any atom is 0.326 e. The monoisotopic (exact) mass is 472 g/mol. The van der Waals surface area contributed by atoms with E-state index in [-0.39, 0.29) is 25.3 Å². The minimum atomic E-state index is -1.18. The van der Waals surface area contributed by atoms with E-state index in [1.165, 1.54) is 12.5 Å². The fourth-order valence-corrected chi connectivity index (χ4v) is 3.35. The Bertz CT molecular complexity index is 950. The number of carboxylic acids is 1. The Kier molecular flexibility index (Phi) is 10.2. The molecule has 0 saturated heterocycles. The molecule has 0 saturated carbocycles. The molecule has 11 heteroatoms. The van der Waals surface area contributed by atoms with Crippen molar-refractivity contribution >= 4 is 23.7 Å². The SMILES string of the molecule is CCC(C)C(NC(=O)C(Cc1cnc[nH]1)NC(=O)CN)C(=O)NC(Cc1ccccc1)C(=O)O. The lowest BCUT2D eigenvalue weighted by molar-refractivity contribution is -0.142. The maximum atomic E-state index is 13.1. The molecular weight excluding hydrogens is 440 g/mol. The topological polar surface area (TPSA) is 179 Å². The number of aromatic nitrogens is 2. The fourth-order valence-electron chi connectivity index (χ4n) is 3.35. The maximum absolute atomic E-state index is 13.1. The Balaban J connectivity index is 2.16. The van der Waals surface area contributed by atoms with Gasteiger partial charge >= 0.3 is 5.97 Å². The van der Waals surface area contributed by atoms with E-state index in [1.54, 1.807) is 31.2 Å². The number of nitrogens with zero attached hydrogens (tertiary/aromatic N) is 1. The van der Waals surface area contributed by atoms with E-state index in [0.29, 0.717) is 12.1 Å². The van der Waals surface area contributed by atoms with Crippen LogP contribution in [-0.2, 0) is 32.0 Å². The standard InChI is InChI=1S/C23H32N6O5/c1-3-14(2)20(22(32)28-18(23(33)34)9-15-7-5-4-6-8-15)29-21(31)17(27-19(30)11-24)10-16-12-25-13-26-16/h4-8,12-14,17-18,20H,3,9-11,24H2,1-2H3,(H,25,26)(H,27,30)(H,28,32)(H,29,31)(H,33,34). The fraction of sp³-hybridized carbons (Fsp3) is 0.435. The molecule has 2 rings (SSSR count). The smallest absolute Gasteiger partial charge is 0.326 e. The molecular formula is C23H32N6O5. The number of aromatic amines is 1. The number of H-pyrrole nitrogens is 1. The highest BCUT2D eigenvalue weighted by Gasteiger charge is 2.32. The van der Waals surface area contributed by atoms with Crippen LogP contribution in [0.15, 0.2) is 42.9 Å². The number of imidazole rings is 1. The van der Waals surface area contributed by atoms with Crippen molar-refractivity contribution in [3.8, 4) is 0 Å². The third kappa shape index (κ3) is 8.00. The summed E-state index contributed by atoms with van der Waals surface area (Å²) in [5.41, 5.74) is 6.74. The lowest BCUT2D eigenvalue weighted by Gasteiger charge is -2.27. The first-order chi connectivity index (χ1) is 16.2. The van der Waals surface area contributed by atoms with Gasteiger partial charge in [0.2, 0.25) is 17.7 Å². The summed E-state index contributed by atoms with van der Waals surface area (Å²) in [5.74, 6) is -3.21. The lowest BCUT2D eigenvalue weighted by atomic mass is 9.96. The van der Waals surface area contributed by atoms with Crippen molar-refractivity contribution in [2.45, 2.75) is 51.2 Å². The molecule has 0 bridgehead atoms. The highest BCUT2D eigenvalue weighted by Crippen LogP contribution is 2.11. The first-order valence-electron chi connectivity index (χ1n) is 11.1. The van der Waals surface area contributed by atoms with Gasteiger partial charge in [0.25, 0.3) is 0 Å². The van der Waals surface area contributed by atoms with E-state index >= 15 is 0 Å². The van der Waals surface area contributed by atoms with Crippen molar-refractivity contribution in [3.63, 3.8) is 0 Å². The Morgan fingerprint density at radius 1 is 1.03 bits per heavy atom. The van der Waals surface area contributed by atoms with Crippen molar-refractivity contribution in [2.24, 2.45) is 11.7 Å². The van der Waals surface area contributed by atoms with E-state index < -0.39 is 41.8 Å². The summed E-state index contributed by atoms with van der Waals surface area (Å²) in [7, 11) is 0. The lowest BCUT2D eigenvalue weighted by Crippen LogP contribution is -2.58. The number of carbonyl (C=O) groups excluding carboxylic acids is 3. The molecule has 0 aliphatic carbocycles. The van der Waals surface area contributed by atoms with E-state index in [9.17, 15) is 24.3 Å². The van der Waals surface area contributed by atoms with Crippen LogP contribution in [0.1, 0.15) is 31.5 Å². The molecule has 4 atom stereocenters. The van der Waals surface area contributed by atoms with Crippen LogP contribution in [0.2, 0.25) is 0 Å². The number of amides is 3. The molecule has 2 aromatic rings. The molecule has 11 nitrogen and oxygen atoms in total. The minimum absolute atomic E-state index is 0.0953. The molecule has 1 aromatic heterocycles. The molecule has 3 amide bonds. The number of aliphatic carboxylic acids is 1. The summed E-state index contributed by atoms with van der Waals surface area (Å²) in [6.45, 7) is 3.33. The van der Waals surface area contributed by atoms with Gasteiger partial charge in [-0.3, -0.25) is 14.4 Å². The summed E-state index contributed by atoms with van der Waals surface area (Å²) < 4.78 is 0. The van der Waals surface area contributed by atoms with Crippen molar-refractivity contribution < 1.29 is 24.3 Å². The van der Waals surface area contributed by atoms with Gasteiger partial charge in [-0.25, -0.2) is 9.78 Å². The normalized spacial score (nSPS) is 14.3. The Morgan fingerprint density at radius 3 is 2.29 bits per heavy atom. The zero-order valence-corrected chi connectivity index (χ0v) is 19.3. The summed E-state index contributed by atoms with van der Waals surface area (Å²) in [5, 5.41) is 17.4. The first-order valence-corrected chi connectivity index (χ1v) is 11.1. The average molecular weight is 473 g/mol. The van der Waals surface area contributed by atoms with Gasteiger partial charge in [0.05, 0.1) is 12.9 Å². The molecule has 0 spiro atoms. The number of rotatable bonds is 13.